The number of hydrogen-bond acceptors (Lipinski definition) is 1. The third kappa shape index (κ3) is 2.10. The van der Waals surface area contributed by atoms with Gasteiger partial charge < -0.3 is 5.11 Å². The van der Waals surface area contributed by atoms with Gasteiger partial charge in [0.15, 0.2) is 0 Å². The molecular formula is C15H18O. The first-order valence-corrected chi connectivity index (χ1v) is 5.65. The summed E-state index contributed by atoms with van der Waals surface area (Å²) in [6.45, 7) is 6.15. The average Bonchev–Trinajstić information content (AvgIpc) is 2.26. The molecule has 0 aliphatic heterocycles. The zero-order valence-corrected chi connectivity index (χ0v) is 10.1. The molecule has 0 aliphatic carbocycles. The molecule has 0 spiro atoms. The van der Waals surface area contributed by atoms with Gasteiger partial charge in [-0.15, -0.1) is 0 Å². The Labute approximate surface area is 96.7 Å². The van der Waals surface area contributed by atoms with Gasteiger partial charge in [0.1, 0.15) is 0 Å². The van der Waals surface area contributed by atoms with Gasteiger partial charge in [-0.25, -0.2) is 0 Å². The summed E-state index contributed by atoms with van der Waals surface area (Å²) in [5, 5.41) is 12.6. The summed E-state index contributed by atoms with van der Waals surface area (Å²) < 4.78 is 0. The third-order valence-electron chi connectivity index (χ3n) is 2.91. The number of aliphatic hydroxyl groups is 1. The Hall–Kier alpha value is -1.34. The molecule has 0 saturated carbocycles. The van der Waals surface area contributed by atoms with Gasteiger partial charge in [-0.2, -0.15) is 0 Å². The largest absolute Gasteiger partial charge is 0.388 e. The van der Waals surface area contributed by atoms with E-state index in [9.17, 15) is 5.11 Å². The summed E-state index contributed by atoms with van der Waals surface area (Å²) >= 11 is 0. The van der Waals surface area contributed by atoms with Gasteiger partial charge in [0, 0.05) is 0 Å². The van der Waals surface area contributed by atoms with Crippen molar-refractivity contribution in [1.29, 1.82) is 0 Å². The van der Waals surface area contributed by atoms with Crippen LogP contribution in [0.2, 0.25) is 0 Å². The van der Waals surface area contributed by atoms with E-state index in [2.05, 4.69) is 24.3 Å². The Bertz CT molecular complexity index is 494. The summed E-state index contributed by atoms with van der Waals surface area (Å²) in [6, 6.07) is 14.4. The molecule has 0 radical (unpaired) electrons. The van der Waals surface area contributed by atoms with Crippen molar-refractivity contribution in [3.63, 3.8) is 0 Å². The fourth-order valence-corrected chi connectivity index (χ4v) is 1.88. The molecule has 1 N–H and O–H groups in total. The Morgan fingerprint density at radius 3 is 2.19 bits per heavy atom. The Balaban J connectivity index is 2.47. The van der Waals surface area contributed by atoms with Crippen LogP contribution in [-0.4, -0.2) is 5.11 Å². The summed E-state index contributed by atoms with van der Waals surface area (Å²) in [6.07, 6.45) is -0.419. The lowest BCUT2D eigenvalue weighted by molar-refractivity contribution is 0.0628. The van der Waals surface area contributed by atoms with E-state index in [1.807, 2.05) is 39.0 Å². The third-order valence-corrected chi connectivity index (χ3v) is 2.91. The van der Waals surface area contributed by atoms with Gasteiger partial charge in [0.2, 0.25) is 0 Å². The van der Waals surface area contributed by atoms with Crippen molar-refractivity contribution in [2.24, 2.45) is 5.41 Å². The highest BCUT2D eigenvalue weighted by molar-refractivity contribution is 5.83. The van der Waals surface area contributed by atoms with Gasteiger partial charge >= 0.3 is 0 Å². The molecule has 0 aliphatic rings. The summed E-state index contributed by atoms with van der Waals surface area (Å²) in [7, 11) is 0. The topological polar surface area (TPSA) is 20.2 Å². The van der Waals surface area contributed by atoms with Crippen LogP contribution in [0.5, 0.6) is 0 Å². The van der Waals surface area contributed by atoms with Crippen LogP contribution in [0, 0.1) is 5.41 Å². The van der Waals surface area contributed by atoms with Crippen LogP contribution >= 0.6 is 0 Å². The van der Waals surface area contributed by atoms with E-state index < -0.39 is 6.10 Å². The van der Waals surface area contributed by atoms with Gasteiger partial charge in [-0.1, -0.05) is 57.2 Å². The van der Waals surface area contributed by atoms with E-state index >= 15 is 0 Å². The molecule has 0 amide bonds. The van der Waals surface area contributed by atoms with Crippen molar-refractivity contribution < 1.29 is 5.11 Å². The first-order valence-electron chi connectivity index (χ1n) is 5.65. The van der Waals surface area contributed by atoms with Crippen molar-refractivity contribution in [3.05, 3.63) is 48.0 Å². The molecule has 0 bridgehead atoms. The average molecular weight is 214 g/mol. The molecule has 84 valence electrons. The second-order valence-electron chi connectivity index (χ2n) is 5.38. The summed E-state index contributed by atoms with van der Waals surface area (Å²) in [5.74, 6) is 0. The van der Waals surface area contributed by atoms with Crippen molar-refractivity contribution in [1.82, 2.24) is 0 Å². The fourth-order valence-electron chi connectivity index (χ4n) is 1.88. The Morgan fingerprint density at radius 2 is 1.56 bits per heavy atom. The SMILES string of the molecule is CC(C)(C)[C@H](O)c1ccc2ccccc2c1. The van der Waals surface area contributed by atoms with Gasteiger partial charge in [-0.05, 0) is 27.8 Å². The maximum absolute atomic E-state index is 10.2. The number of benzene rings is 2. The molecule has 1 atom stereocenters. The van der Waals surface area contributed by atoms with E-state index in [4.69, 9.17) is 0 Å². The first kappa shape index (κ1) is 11.2. The van der Waals surface area contributed by atoms with Crippen LogP contribution in [0.25, 0.3) is 10.8 Å². The normalized spacial score (nSPS) is 14.0. The molecular weight excluding hydrogens is 196 g/mol. The maximum atomic E-state index is 10.2. The van der Waals surface area contributed by atoms with E-state index in [1.165, 1.54) is 10.8 Å². The lowest BCUT2D eigenvalue weighted by atomic mass is 9.84. The molecule has 2 aromatic rings. The highest BCUT2D eigenvalue weighted by Crippen LogP contribution is 2.33. The number of hydrogen-bond donors (Lipinski definition) is 1. The van der Waals surface area contributed by atoms with E-state index in [1.54, 1.807) is 0 Å². The highest BCUT2D eigenvalue weighted by Gasteiger charge is 2.23. The quantitative estimate of drug-likeness (QED) is 0.762. The smallest absolute Gasteiger partial charge is 0.0838 e. The lowest BCUT2D eigenvalue weighted by Gasteiger charge is -2.26. The van der Waals surface area contributed by atoms with Crippen LogP contribution in [0.3, 0.4) is 0 Å². The molecule has 2 aromatic carbocycles. The number of fused-ring (bicyclic) bond motifs is 1. The Kier molecular flexibility index (Phi) is 2.73. The maximum Gasteiger partial charge on any atom is 0.0838 e. The molecule has 0 unspecified atom stereocenters. The molecule has 1 nitrogen and oxygen atoms in total. The predicted molar refractivity (Wildman–Crippen MR) is 68.4 cm³/mol. The van der Waals surface area contributed by atoms with Gasteiger partial charge in [-0.3, -0.25) is 0 Å². The number of rotatable bonds is 1. The van der Waals surface area contributed by atoms with Crippen molar-refractivity contribution in [2.75, 3.05) is 0 Å². The standard InChI is InChI=1S/C15H18O/c1-15(2,3)14(16)13-9-8-11-6-4-5-7-12(11)10-13/h4-10,14,16H,1-3H3/t14-/m1/s1. The second-order valence-corrected chi connectivity index (χ2v) is 5.38. The summed E-state index contributed by atoms with van der Waals surface area (Å²) in [5.41, 5.74) is 0.869. The molecule has 16 heavy (non-hydrogen) atoms. The molecule has 0 fully saturated rings. The van der Waals surface area contributed by atoms with E-state index in [0.29, 0.717) is 0 Å². The van der Waals surface area contributed by atoms with Crippen LogP contribution in [0.4, 0.5) is 0 Å². The minimum atomic E-state index is -0.419. The van der Waals surface area contributed by atoms with Crippen LogP contribution < -0.4 is 0 Å². The fraction of sp³-hybridized carbons (Fsp3) is 0.333. The zero-order valence-electron chi connectivity index (χ0n) is 10.1. The summed E-state index contributed by atoms with van der Waals surface area (Å²) in [4.78, 5) is 0. The number of aliphatic hydroxyl groups excluding tert-OH is 1. The van der Waals surface area contributed by atoms with E-state index in [0.717, 1.165) is 5.56 Å². The lowest BCUT2D eigenvalue weighted by Crippen LogP contribution is -2.17. The van der Waals surface area contributed by atoms with Gasteiger partial charge in [0.25, 0.3) is 0 Å². The van der Waals surface area contributed by atoms with Crippen LogP contribution in [0.15, 0.2) is 42.5 Å². The first-order chi connectivity index (χ1) is 7.48. The monoisotopic (exact) mass is 214 g/mol. The highest BCUT2D eigenvalue weighted by atomic mass is 16.3. The minimum absolute atomic E-state index is 0.123. The molecule has 2 rings (SSSR count). The molecule has 0 saturated heterocycles. The second kappa shape index (κ2) is 3.91. The van der Waals surface area contributed by atoms with Gasteiger partial charge in [0.05, 0.1) is 6.10 Å². The molecule has 1 heteroatoms. The van der Waals surface area contributed by atoms with Crippen molar-refractivity contribution >= 4 is 10.8 Å². The zero-order chi connectivity index (χ0) is 11.8. The Morgan fingerprint density at radius 1 is 0.938 bits per heavy atom. The van der Waals surface area contributed by atoms with E-state index in [-0.39, 0.29) is 5.41 Å². The van der Waals surface area contributed by atoms with Crippen LogP contribution in [0.1, 0.15) is 32.4 Å². The minimum Gasteiger partial charge on any atom is -0.388 e. The van der Waals surface area contributed by atoms with Crippen LogP contribution in [-0.2, 0) is 0 Å². The van der Waals surface area contributed by atoms with Crippen molar-refractivity contribution in [2.45, 2.75) is 26.9 Å². The molecule has 0 heterocycles. The predicted octanol–water partition coefficient (Wildman–Crippen LogP) is 3.92. The molecule has 0 aromatic heterocycles. The van der Waals surface area contributed by atoms with Crippen molar-refractivity contribution in [3.8, 4) is 0 Å².